The zero-order chi connectivity index (χ0) is 18.7. The molecule has 6 nitrogen and oxygen atoms in total. The summed E-state index contributed by atoms with van der Waals surface area (Å²) in [7, 11) is -3.59. The predicted octanol–water partition coefficient (Wildman–Crippen LogP) is 2.50. The first-order chi connectivity index (χ1) is 12.4. The van der Waals surface area contributed by atoms with E-state index in [1.54, 1.807) is 0 Å². The lowest BCUT2D eigenvalue weighted by Crippen LogP contribution is -2.25. The first kappa shape index (κ1) is 18.0. The number of sulfonamides is 1. The summed E-state index contributed by atoms with van der Waals surface area (Å²) in [4.78, 5) is 12.1. The number of esters is 1. The average Bonchev–Trinajstić information content (AvgIpc) is 3.44. The molecule has 2 aromatic rings. The van der Waals surface area contributed by atoms with E-state index >= 15 is 0 Å². The molecule has 1 N–H and O–H groups in total. The molecule has 0 amide bonds. The third-order valence-electron chi connectivity index (χ3n) is 3.83. The van der Waals surface area contributed by atoms with Crippen LogP contribution in [0, 0.1) is 17.1 Å². The van der Waals surface area contributed by atoms with Crippen LogP contribution >= 0.6 is 0 Å². The number of carbonyl (C=O) groups excluding carboxylic acids is 1. The van der Waals surface area contributed by atoms with Crippen LogP contribution in [0.1, 0.15) is 34.3 Å². The van der Waals surface area contributed by atoms with Crippen LogP contribution in [0.15, 0.2) is 47.4 Å². The van der Waals surface area contributed by atoms with Crippen molar-refractivity contribution in [2.45, 2.75) is 30.4 Å². The van der Waals surface area contributed by atoms with Crippen molar-refractivity contribution in [2.75, 3.05) is 0 Å². The Hall–Kier alpha value is -2.76. The first-order valence-electron chi connectivity index (χ1n) is 7.87. The lowest BCUT2D eigenvalue weighted by molar-refractivity contribution is 0.0469. The maximum Gasteiger partial charge on any atom is 0.338 e. The third-order valence-corrected chi connectivity index (χ3v) is 5.37. The molecule has 1 aliphatic rings. The smallest absolute Gasteiger partial charge is 0.338 e. The molecule has 0 atom stereocenters. The zero-order valence-electron chi connectivity index (χ0n) is 13.6. The molecule has 0 aromatic heterocycles. The minimum atomic E-state index is -3.59. The number of carbonyl (C=O) groups is 1. The highest BCUT2D eigenvalue weighted by Gasteiger charge is 2.28. The van der Waals surface area contributed by atoms with E-state index in [1.165, 1.54) is 36.4 Å². The van der Waals surface area contributed by atoms with Crippen LogP contribution in [-0.2, 0) is 21.4 Å². The average molecular weight is 374 g/mol. The molecule has 134 valence electrons. The maximum atomic E-state index is 13.7. The van der Waals surface area contributed by atoms with Crippen LogP contribution < -0.4 is 4.72 Å². The number of hydrogen-bond acceptors (Lipinski definition) is 5. The van der Waals surface area contributed by atoms with Gasteiger partial charge in [0.05, 0.1) is 22.1 Å². The van der Waals surface area contributed by atoms with Gasteiger partial charge in [0.25, 0.3) is 0 Å². The van der Waals surface area contributed by atoms with Crippen LogP contribution in [0.3, 0.4) is 0 Å². The van der Waals surface area contributed by atoms with Gasteiger partial charge in [-0.15, -0.1) is 0 Å². The number of halogens is 1. The summed E-state index contributed by atoms with van der Waals surface area (Å²) in [6, 6.07) is 11.0. The largest absolute Gasteiger partial charge is 0.457 e. The highest BCUT2D eigenvalue weighted by Crippen LogP contribution is 2.22. The molecule has 3 rings (SSSR count). The fraction of sp³-hybridized carbons (Fsp3) is 0.222. The summed E-state index contributed by atoms with van der Waals surface area (Å²) in [5.41, 5.74) is 0.493. The molecule has 2 aromatic carbocycles. The van der Waals surface area contributed by atoms with E-state index < -0.39 is 21.8 Å². The molecule has 0 radical (unpaired) electrons. The highest BCUT2D eigenvalue weighted by atomic mass is 32.2. The Kier molecular flexibility index (Phi) is 5.02. The Labute approximate surface area is 150 Å². The van der Waals surface area contributed by atoms with Crippen molar-refractivity contribution in [1.29, 1.82) is 5.26 Å². The van der Waals surface area contributed by atoms with Crippen molar-refractivity contribution in [3.05, 3.63) is 65.0 Å². The molecule has 1 aliphatic carbocycles. The monoisotopic (exact) mass is 374 g/mol. The fourth-order valence-electron chi connectivity index (χ4n) is 2.24. The van der Waals surface area contributed by atoms with Gasteiger partial charge in [0.1, 0.15) is 12.4 Å². The topological polar surface area (TPSA) is 96.3 Å². The lowest BCUT2D eigenvalue weighted by Gasteiger charge is -2.08. The van der Waals surface area contributed by atoms with Crippen molar-refractivity contribution in [3.8, 4) is 6.07 Å². The van der Waals surface area contributed by atoms with E-state index in [9.17, 15) is 17.6 Å². The van der Waals surface area contributed by atoms with E-state index in [0.717, 1.165) is 18.9 Å². The first-order valence-corrected chi connectivity index (χ1v) is 9.35. The van der Waals surface area contributed by atoms with Gasteiger partial charge < -0.3 is 4.74 Å². The zero-order valence-corrected chi connectivity index (χ0v) is 14.4. The standard InChI is InChI=1S/C18H15FN2O4S/c19-17-8-1-12(10-20)9-14(17)11-25-18(22)13-2-6-16(7-3-13)26(23,24)21-15-4-5-15/h1-3,6-9,15,21H,4-5,11H2. The number of rotatable bonds is 6. The number of hydrogen-bond donors (Lipinski definition) is 1. The second-order valence-electron chi connectivity index (χ2n) is 5.91. The molecule has 0 aliphatic heterocycles. The van der Waals surface area contributed by atoms with Gasteiger partial charge in [-0.3, -0.25) is 0 Å². The summed E-state index contributed by atoms with van der Waals surface area (Å²) in [6.07, 6.45) is 1.65. The van der Waals surface area contributed by atoms with E-state index in [1.807, 2.05) is 6.07 Å². The number of benzene rings is 2. The predicted molar refractivity (Wildman–Crippen MR) is 90.0 cm³/mol. The molecular weight excluding hydrogens is 359 g/mol. The normalized spacial score (nSPS) is 13.8. The van der Waals surface area contributed by atoms with Gasteiger partial charge in [0.15, 0.2) is 0 Å². The number of nitrogens with zero attached hydrogens (tertiary/aromatic N) is 1. The molecular formula is C18H15FN2O4S. The van der Waals surface area contributed by atoms with Gasteiger partial charge >= 0.3 is 5.97 Å². The minimum Gasteiger partial charge on any atom is -0.457 e. The second kappa shape index (κ2) is 7.23. The number of ether oxygens (including phenoxy) is 1. The quantitative estimate of drug-likeness (QED) is 0.784. The molecule has 1 saturated carbocycles. The van der Waals surface area contributed by atoms with E-state index in [2.05, 4.69) is 4.72 Å². The summed E-state index contributed by atoms with van der Waals surface area (Å²) in [5.74, 6) is -1.30. The van der Waals surface area contributed by atoms with Gasteiger partial charge in [-0.25, -0.2) is 22.3 Å². The summed E-state index contributed by atoms with van der Waals surface area (Å²) in [5, 5.41) is 8.82. The molecule has 26 heavy (non-hydrogen) atoms. The Balaban J connectivity index is 1.66. The van der Waals surface area contributed by atoms with Crippen LogP contribution in [0.2, 0.25) is 0 Å². The summed E-state index contributed by atoms with van der Waals surface area (Å²) < 4.78 is 45.4. The molecule has 0 unspecified atom stereocenters. The second-order valence-corrected chi connectivity index (χ2v) is 7.63. The number of nitrogens with one attached hydrogen (secondary N) is 1. The fourth-order valence-corrected chi connectivity index (χ4v) is 3.55. The van der Waals surface area contributed by atoms with Crippen molar-refractivity contribution in [3.63, 3.8) is 0 Å². The van der Waals surface area contributed by atoms with Crippen molar-refractivity contribution >= 4 is 16.0 Å². The lowest BCUT2D eigenvalue weighted by atomic mass is 10.1. The van der Waals surface area contributed by atoms with Crippen molar-refractivity contribution in [2.24, 2.45) is 0 Å². The summed E-state index contributed by atoms with van der Waals surface area (Å²) >= 11 is 0. The Morgan fingerprint density at radius 1 is 1.23 bits per heavy atom. The molecule has 0 heterocycles. The molecule has 1 fully saturated rings. The maximum absolute atomic E-state index is 13.7. The molecule has 0 saturated heterocycles. The molecule has 0 bridgehead atoms. The highest BCUT2D eigenvalue weighted by molar-refractivity contribution is 7.89. The van der Waals surface area contributed by atoms with Crippen molar-refractivity contribution < 1.29 is 22.3 Å². The van der Waals surface area contributed by atoms with E-state index in [-0.39, 0.29) is 34.2 Å². The Morgan fingerprint density at radius 2 is 1.92 bits per heavy atom. The van der Waals surface area contributed by atoms with Crippen LogP contribution in [0.5, 0.6) is 0 Å². The van der Waals surface area contributed by atoms with Gasteiger partial charge in [0, 0.05) is 11.6 Å². The Bertz CT molecular complexity index is 977. The van der Waals surface area contributed by atoms with Gasteiger partial charge in [-0.05, 0) is 55.3 Å². The SMILES string of the molecule is N#Cc1ccc(F)c(COC(=O)c2ccc(S(=O)(=O)NC3CC3)cc2)c1. The van der Waals surface area contributed by atoms with E-state index in [4.69, 9.17) is 10.00 Å². The van der Waals surface area contributed by atoms with Gasteiger partial charge in [-0.2, -0.15) is 5.26 Å². The third kappa shape index (κ3) is 4.25. The van der Waals surface area contributed by atoms with Crippen molar-refractivity contribution in [1.82, 2.24) is 4.72 Å². The Morgan fingerprint density at radius 3 is 2.54 bits per heavy atom. The van der Waals surface area contributed by atoms with Gasteiger partial charge in [0.2, 0.25) is 10.0 Å². The van der Waals surface area contributed by atoms with Crippen LogP contribution in [0.4, 0.5) is 4.39 Å². The number of nitriles is 1. The molecule has 0 spiro atoms. The van der Waals surface area contributed by atoms with Crippen LogP contribution in [0.25, 0.3) is 0 Å². The minimum absolute atomic E-state index is 0.0105. The van der Waals surface area contributed by atoms with E-state index in [0.29, 0.717) is 0 Å². The molecule has 8 heteroatoms. The van der Waals surface area contributed by atoms with Gasteiger partial charge in [-0.1, -0.05) is 0 Å². The van der Waals surface area contributed by atoms with Crippen LogP contribution in [-0.4, -0.2) is 20.4 Å². The summed E-state index contributed by atoms with van der Waals surface area (Å²) in [6.45, 7) is -0.330.